The van der Waals surface area contributed by atoms with Crippen LogP contribution in [0.1, 0.15) is 6.92 Å². The van der Waals surface area contributed by atoms with Gasteiger partial charge in [-0.3, -0.25) is 0 Å². The Morgan fingerprint density at radius 1 is 1.62 bits per heavy atom. The Bertz CT molecular complexity index is 255. The van der Waals surface area contributed by atoms with Crippen LogP contribution in [-0.2, 0) is 10.0 Å². The summed E-state index contributed by atoms with van der Waals surface area (Å²) in [6, 6.07) is 0.118. The zero-order valence-electron chi connectivity index (χ0n) is 7.57. The Labute approximate surface area is 88.9 Å². The second-order valence-electron chi connectivity index (χ2n) is 3.04. The van der Waals surface area contributed by atoms with E-state index in [0.717, 1.165) is 11.5 Å². The van der Waals surface area contributed by atoms with E-state index in [1.165, 1.54) is 0 Å². The second-order valence-corrected chi connectivity index (χ2v) is 6.61. The van der Waals surface area contributed by atoms with Crippen molar-refractivity contribution in [2.45, 2.75) is 13.0 Å². The normalized spacial score (nSPS) is 26.2. The van der Waals surface area contributed by atoms with Crippen LogP contribution in [0.4, 0.5) is 0 Å². The Balaban J connectivity index is 2.68. The summed E-state index contributed by atoms with van der Waals surface area (Å²) in [4.78, 5) is 0. The fourth-order valence-electron chi connectivity index (χ4n) is 1.34. The van der Waals surface area contributed by atoms with Gasteiger partial charge in [0.15, 0.2) is 0 Å². The molecule has 78 valence electrons. The van der Waals surface area contributed by atoms with Crippen LogP contribution >= 0.6 is 23.4 Å². The smallest absolute Gasteiger partial charge is 0.212 e. The fourth-order valence-corrected chi connectivity index (χ4v) is 4.57. The third-order valence-electron chi connectivity index (χ3n) is 2.00. The first kappa shape index (κ1) is 11.6. The summed E-state index contributed by atoms with van der Waals surface area (Å²) in [5.74, 6) is 2.02. The molecule has 1 fully saturated rings. The van der Waals surface area contributed by atoms with E-state index in [1.807, 2.05) is 6.92 Å². The number of hydrogen-bond donors (Lipinski definition) is 0. The predicted molar refractivity (Wildman–Crippen MR) is 58.0 cm³/mol. The number of thioether (sulfide) groups is 1. The van der Waals surface area contributed by atoms with Crippen LogP contribution in [0.3, 0.4) is 0 Å². The minimum atomic E-state index is -3.09. The highest BCUT2D eigenvalue weighted by Crippen LogP contribution is 2.19. The molecule has 1 unspecified atom stereocenters. The van der Waals surface area contributed by atoms with Crippen molar-refractivity contribution in [2.24, 2.45) is 0 Å². The molecule has 1 atom stereocenters. The van der Waals surface area contributed by atoms with Crippen molar-refractivity contribution in [3.63, 3.8) is 0 Å². The first-order valence-electron chi connectivity index (χ1n) is 4.21. The molecule has 0 radical (unpaired) electrons. The number of sulfonamides is 1. The lowest BCUT2D eigenvalue weighted by atomic mass is 10.4. The number of rotatable bonds is 3. The molecular weight excluding hydrogens is 230 g/mol. The van der Waals surface area contributed by atoms with Crippen molar-refractivity contribution in [1.82, 2.24) is 4.31 Å². The maximum absolute atomic E-state index is 11.6. The Morgan fingerprint density at radius 3 is 2.85 bits per heavy atom. The molecule has 6 heteroatoms. The van der Waals surface area contributed by atoms with Gasteiger partial charge in [-0.15, -0.1) is 11.6 Å². The number of nitrogens with zero attached hydrogens (tertiary/aromatic N) is 1. The van der Waals surface area contributed by atoms with Gasteiger partial charge in [0.2, 0.25) is 10.0 Å². The van der Waals surface area contributed by atoms with Crippen molar-refractivity contribution >= 4 is 33.4 Å². The van der Waals surface area contributed by atoms with Crippen molar-refractivity contribution in [3.8, 4) is 0 Å². The maximum atomic E-state index is 11.6. The van der Waals surface area contributed by atoms with E-state index >= 15 is 0 Å². The topological polar surface area (TPSA) is 37.4 Å². The van der Waals surface area contributed by atoms with Crippen LogP contribution in [0.15, 0.2) is 0 Å². The molecule has 13 heavy (non-hydrogen) atoms. The molecule has 0 bridgehead atoms. The maximum Gasteiger partial charge on any atom is 0.215 e. The highest BCUT2D eigenvalue weighted by atomic mass is 35.5. The highest BCUT2D eigenvalue weighted by Gasteiger charge is 2.28. The lowest BCUT2D eigenvalue weighted by Crippen LogP contribution is -2.45. The first-order valence-corrected chi connectivity index (χ1v) is 7.51. The molecule has 0 N–H and O–H groups in total. The average Bonchev–Trinajstić information content (AvgIpc) is 2.04. The molecule has 1 aliphatic heterocycles. The predicted octanol–water partition coefficient (Wildman–Crippen LogP) is 0.992. The van der Waals surface area contributed by atoms with Gasteiger partial charge < -0.3 is 0 Å². The van der Waals surface area contributed by atoms with Gasteiger partial charge in [-0.2, -0.15) is 16.1 Å². The average molecular weight is 244 g/mol. The standard InChI is InChI=1S/C7H14ClNO2S2/c1-7-6-12-4-3-9(7)13(10,11)5-2-8/h7H,2-6H2,1H3. The van der Waals surface area contributed by atoms with Gasteiger partial charge in [0.25, 0.3) is 0 Å². The molecule has 1 rings (SSSR count). The summed E-state index contributed by atoms with van der Waals surface area (Å²) < 4.78 is 24.8. The van der Waals surface area contributed by atoms with Gasteiger partial charge in [0, 0.05) is 30.0 Å². The van der Waals surface area contributed by atoms with Crippen LogP contribution in [0, 0.1) is 0 Å². The van der Waals surface area contributed by atoms with E-state index in [1.54, 1.807) is 16.1 Å². The zero-order valence-corrected chi connectivity index (χ0v) is 9.96. The summed E-state index contributed by atoms with van der Waals surface area (Å²) in [6.45, 7) is 2.57. The number of halogens is 1. The molecule has 0 aliphatic carbocycles. The van der Waals surface area contributed by atoms with Crippen molar-refractivity contribution in [1.29, 1.82) is 0 Å². The molecular formula is C7H14ClNO2S2. The zero-order chi connectivity index (χ0) is 9.90. The molecule has 1 aliphatic rings. The van der Waals surface area contributed by atoms with Crippen LogP contribution in [0.5, 0.6) is 0 Å². The molecule has 1 saturated heterocycles. The van der Waals surface area contributed by atoms with Crippen molar-refractivity contribution < 1.29 is 8.42 Å². The van der Waals surface area contributed by atoms with Crippen LogP contribution in [-0.4, -0.2) is 48.4 Å². The summed E-state index contributed by atoms with van der Waals surface area (Å²) in [7, 11) is -3.09. The third-order valence-corrected chi connectivity index (χ3v) is 5.58. The minimum absolute atomic E-state index is 0.0591. The molecule has 0 aromatic carbocycles. The van der Waals surface area contributed by atoms with E-state index in [-0.39, 0.29) is 17.7 Å². The van der Waals surface area contributed by atoms with E-state index in [0.29, 0.717) is 6.54 Å². The van der Waals surface area contributed by atoms with Crippen LogP contribution in [0.25, 0.3) is 0 Å². The lowest BCUT2D eigenvalue weighted by Gasteiger charge is -2.31. The Morgan fingerprint density at radius 2 is 2.31 bits per heavy atom. The van der Waals surface area contributed by atoms with Gasteiger partial charge in [-0.05, 0) is 6.92 Å². The van der Waals surface area contributed by atoms with Crippen LogP contribution in [0.2, 0.25) is 0 Å². The van der Waals surface area contributed by atoms with Crippen molar-refractivity contribution in [3.05, 3.63) is 0 Å². The monoisotopic (exact) mass is 243 g/mol. The molecule has 0 saturated carbocycles. The van der Waals surface area contributed by atoms with E-state index < -0.39 is 10.0 Å². The highest BCUT2D eigenvalue weighted by molar-refractivity contribution is 7.99. The summed E-state index contributed by atoms with van der Waals surface area (Å²) in [5, 5.41) is 0. The fraction of sp³-hybridized carbons (Fsp3) is 1.00. The first-order chi connectivity index (χ1) is 6.08. The second kappa shape index (κ2) is 4.87. The molecule has 3 nitrogen and oxygen atoms in total. The molecule has 1 heterocycles. The molecule has 0 spiro atoms. The SMILES string of the molecule is CC1CSCCN1S(=O)(=O)CCCl. The van der Waals surface area contributed by atoms with Crippen LogP contribution < -0.4 is 0 Å². The number of hydrogen-bond acceptors (Lipinski definition) is 3. The van der Waals surface area contributed by atoms with Gasteiger partial charge in [0.05, 0.1) is 5.75 Å². The third kappa shape index (κ3) is 3.01. The summed E-state index contributed by atoms with van der Waals surface area (Å²) >= 11 is 7.24. The van der Waals surface area contributed by atoms with Gasteiger partial charge >= 0.3 is 0 Å². The molecule has 0 aromatic rings. The summed E-state index contributed by atoms with van der Waals surface area (Å²) in [5.41, 5.74) is 0. The van der Waals surface area contributed by atoms with Crippen molar-refractivity contribution in [2.75, 3.05) is 29.7 Å². The number of alkyl halides is 1. The largest absolute Gasteiger partial charge is 0.215 e. The molecule has 0 aromatic heterocycles. The van der Waals surface area contributed by atoms with Gasteiger partial charge in [0.1, 0.15) is 0 Å². The Hall–Kier alpha value is 0.550. The summed E-state index contributed by atoms with van der Waals surface area (Å²) in [6.07, 6.45) is 0. The van der Waals surface area contributed by atoms with Gasteiger partial charge in [-0.25, -0.2) is 8.42 Å². The van der Waals surface area contributed by atoms with Gasteiger partial charge in [-0.1, -0.05) is 0 Å². The Kier molecular flexibility index (Phi) is 4.35. The molecule has 0 amide bonds. The van der Waals surface area contributed by atoms with E-state index in [4.69, 9.17) is 11.6 Å². The minimum Gasteiger partial charge on any atom is -0.212 e. The van der Waals surface area contributed by atoms with E-state index in [9.17, 15) is 8.42 Å². The quantitative estimate of drug-likeness (QED) is 0.694. The lowest BCUT2D eigenvalue weighted by molar-refractivity contribution is 0.368. The van der Waals surface area contributed by atoms with E-state index in [2.05, 4.69) is 0 Å².